The van der Waals surface area contributed by atoms with E-state index in [9.17, 15) is 0 Å². The lowest BCUT2D eigenvalue weighted by Crippen LogP contribution is -2.21. The van der Waals surface area contributed by atoms with Gasteiger partial charge in [0.1, 0.15) is 12.4 Å². The summed E-state index contributed by atoms with van der Waals surface area (Å²) >= 11 is 0. The van der Waals surface area contributed by atoms with Crippen LogP contribution in [-0.2, 0) is 19.1 Å². The van der Waals surface area contributed by atoms with E-state index in [1.807, 2.05) is 11.6 Å². The van der Waals surface area contributed by atoms with Crippen molar-refractivity contribution in [3.05, 3.63) is 11.6 Å². The van der Waals surface area contributed by atoms with Gasteiger partial charge in [-0.15, -0.1) is 10.2 Å². The molecule has 0 radical (unpaired) electrons. The highest BCUT2D eigenvalue weighted by molar-refractivity contribution is 5.06. The van der Waals surface area contributed by atoms with Gasteiger partial charge in [-0.1, -0.05) is 20.8 Å². The third-order valence-corrected chi connectivity index (χ3v) is 2.60. The molecule has 1 aromatic rings. The zero-order chi connectivity index (χ0) is 10.1. The number of nitrogens with zero attached hydrogens (tertiary/aromatic N) is 3. The minimum absolute atomic E-state index is 0.0230. The zero-order valence-corrected chi connectivity index (χ0v) is 8.70. The molecule has 0 amide bonds. The van der Waals surface area contributed by atoms with Crippen LogP contribution in [0.5, 0.6) is 0 Å². The maximum atomic E-state index is 8.95. The topological polar surface area (TPSA) is 50.9 Å². The molecule has 1 heterocycles. The summed E-state index contributed by atoms with van der Waals surface area (Å²) in [5, 5.41) is 16.9. The molecule has 0 bridgehead atoms. The first-order valence-corrected chi connectivity index (χ1v) is 4.52. The summed E-state index contributed by atoms with van der Waals surface area (Å²) < 4.78 is 1.86. The summed E-state index contributed by atoms with van der Waals surface area (Å²) in [5.41, 5.74) is 0.0230. The second kappa shape index (κ2) is 3.46. The molecule has 0 atom stereocenters. The van der Waals surface area contributed by atoms with Gasteiger partial charge in [0.2, 0.25) is 0 Å². The molecule has 1 rings (SSSR count). The van der Waals surface area contributed by atoms with Crippen LogP contribution in [0.4, 0.5) is 0 Å². The molecular weight excluding hydrogens is 166 g/mol. The number of hydrogen-bond donors (Lipinski definition) is 1. The highest BCUT2D eigenvalue weighted by atomic mass is 16.3. The predicted octanol–water partition coefficient (Wildman–Crippen LogP) is 0.995. The van der Waals surface area contributed by atoms with Gasteiger partial charge in [-0.2, -0.15) is 0 Å². The Morgan fingerprint density at radius 3 is 2.38 bits per heavy atom. The quantitative estimate of drug-likeness (QED) is 0.760. The van der Waals surface area contributed by atoms with Crippen LogP contribution in [0.15, 0.2) is 0 Å². The number of hydrogen-bond acceptors (Lipinski definition) is 3. The SMILES string of the molecule is CCC(C)(C)c1nnc(CO)n1C. The first kappa shape index (κ1) is 10.2. The molecule has 0 spiro atoms. The van der Waals surface area contributed by atoms with Crippen LogP contribution < -0.4 is 0 Å². The number of aliphatic hydroxyl groups excluding tert-OH is 1. The van der Waals surface area contributed by atoms with Crippen molar-refractivity contribution in [3.8, 4) is 0 Å². The number of aromatic nitrogens is 3. The molecule has 0 aromatic carbocycles. The average molecular weight is 183 g/mol. The first-order valence-electron chi connectivity index (χ1n) is 4.52. The standard InChI is InChI=1S/C9H17N3O/c1-5-9(2,3)8-11-10-7(6-13)12(8)4/h13H,5-6H2,1-4H3. The van der Waals surface area contributed by atoms with Crippen LogP contribution in [0.3, 0.4) is 0 Å². The van der Waals surface area contributed by atoms with Gasteiger partial charge in [-0.25, -0.2) is 0 Å². The molecule has 4 nitrogen and oxygen atoms in total. The summed E-state index contributed by atoms with van der Waals surface area (Å²) in [5.74, 6) is 1.55. The van der Waals surface area contributed by atoms with Crippen molar-refractivity contribution in [3.63, 3.8) is 0 Å². The lowest BCUT2D eigenvalue weighted by Gasteiger charge is -2.21. The van der Waals surface area contributed by atoms with E-state index in [1.165, 1.54) is 0 Å². The molecular formula is C9H17N3O. The van der Waals surface area contributed by atoms with Crippen molar-refractivity contribution < 1.29 is 5.11 Å². The van der Waals surface area contributed by atoms with E-state index in [1.54, 1.807) is 0 Å². The van der Waals surface area contributed by atoms with Crippen molar-refractivity contribution in [1.82, 2.24) is 14.8 Å². The minimum atomic E-state index is -0.0523. The van der Waals surface area contributed by atoms with Gasteiger partial charge in [-0.05, 0) is 6.42 Å². The van der Waals surface area contributed by atoms with Crippen LogP contribution in [0.1, 0.15) is 38.8 Å². The molecule has 1 N–H and O–H groups in total. The molecule has 0 aliphatic heterocycles. The van der Waals surface area contributed by atoms with Crippen molar-refractivity contribution in [1.29, 1.82) is 0 Å². The van der Waals surface area contributed by atoms with E-state index < -0.39 is 0 Å². The first-order chi connectivity index (χ1) is 6.03. The molecule has 0 saturated heterocycles. The van der Waals surface area contributed by atoms with Gasteiger partial charge in [0.05, 0.1) is 0 Å². The Bertz CT molecular complexity index is 291. The van der Waals surface area contributed by atoms with E-state index >= 15 is 0 Å². The minimum Gasteiger partial charge on any atom is -0.388 e. The van der Waals surface area contributed by atoms with E-state index in [4.69, 9.17) is 5.11 Å². The Balaban J connectivity index is 3.09. The third-order valence-electron chi connectivity index (χ3n) is 2.60. The Kier molecular flexibility index (Phi) is 2.71. The van der Waals surface area contributed by atoms with Crippen LogP contribution in [0.2, 0.25) is 0 Å². The van der Waals surface area contributed by atoms with Crippen LogP contribution in [0.25, 0.3) is 0 Å². The second-order valence-corrected chi connectivity index (χ2v) is 3.89. The lowest BCUT2D eigenvalue weighted by atomic mass is 9.89. The summed E-state index contributed by atoms with van der Waals surface area (Å²) in [4.78, 5) is 0. The van der Waals surface area contributed by atoms with Gasteiger partial charge in [-0.3, -0.25) is 0 Å². The van der Waals surface area contributed by atoms with Crippen molar-refractivity contribution >= 4 is 0 Å². The highest BCUT2D eigenvalue weighted by Crippen LogP contribution is 2.24. The largest absolute Gasteiger partial charge is 0.388 e. The molecule has 4 heteroatoms. The maximum Gasteiger partial charge on any atom is 0.158 e. The second-order valence-electron chi connectivity index (χ2n) is 3.89. The molecule has 0 aliphatic carbocycles. The van der Waals surface area contributed by atoms with Crippen LogP contribution >= 0.6 is 0 Å². The number of aliphatic hydroxyl groups is 1. The normalized spacial score (nSPS) is 12.1. The summed E-state index contributed by atoms with van der Waals surface area (Å²) in [6.07, 6.45) is 1.00. The zero-order valence-electron chi connectivity index (χ0n) is 8.70. The fourth-order valence-electron chi connectivity index (χ4n) is 1.25. The van der Waals surface area contributed by atoms with E-state index in [2.05, 4.69) is 31.0 Å². The van der Waals surface area contributed by atoms with Crippen molar-refractivity contribution in [2.75, 3.05) is 0 Å². The van der Waals surface area contributed by atoms with Crippen LogP contribution in [-0.4, -0.2) is 19.9 Å². The van der Waals surface area contributed by atoms with Crippen LogP contribution in [0, 0.1) is 0 Å². The molecule has 74 valence electrons. The predicted molar refractivity (Wildman–Crippen MR) is 50.2 cm³/mol. The fraction of sp³-hybridized carbons (Fsp3) is 0.778. The van der Waals surface area contributed by atoms with Gasteiger partial charge in [0, 0.05) is 12.5 Å². The maximum absolute atomic E-state index is 8.95. The van der Waals surface area contributed by atoms with Gasteiger partial charge in [0.15, 0.2) is 5.82 Å². The molecule has 1 aromatic heterocycles. The molecule has 13 heavy (non-hydrogen) atoms. The summed E-state index contributed by atoms with van der Waals surface area (Å²) in [6.45, 7) is 6.31. The van der Waals surface area contributed by atoms with E-state index in [0.717, 1.165) is 12.2 Å². The van der Waals surface area contributed by atoms with E-state index in [-0.39, 0.29) is 12.0 Å². The highest BCUT2D eigenvalue weighted by Gasteiger charge is 2.24. The Labute approximate surface area is 78.6 Å². The molecule has 0 aliphatic rings. The van der Waals surface area contributed by atoms with Crippen molar-refractivity contribution in [2.45, 2.75) is 39.2 Å². The van der Waals surface area contributed by atoms with Gasteiger partial charge in [0.25, 0.3) is 0 Å². The molecule has 0 saturated carbocycles. The lowest BCUT2D eigenvalue weighted by molar-refractivity contribution is 0.265. The fourth-order valence-corrected chi connectivity index (χ4v) is 1.25. The smallest absolute Gasteiger partial charge is 0.158 e. The Hall–Kier alpha value is -0.900. The summed E-state index contributed by atoms with van der Waals surface area (Å²) in [6, 6.07) is 0. The van der Waals surface area contributed by atoms with Crippen molar-refractivity contribution in [2.24, 2.45) is 7.05 Å². The summed E-state index contributed by atoms with van der Waals surface area (Å²) in [7, 11) is 1.89. The molecule has 0 unspecified atom stereocenters. The Morgan fingerprint density at radius 1 is 1.38 bits per heavy atom. The monoisotopic (exact) mass is 183 g/mol. The van der Waals surface area contributed by atoms with E-state index in [0.29, 0.717) is 5.82 Å². The Morgan fingerprint density at radius 2 is 2.00 bits per heavy atom. The third kappa shape index (κ3) is 1.72. The average Bonchev–Trinajstić information content (AvgIpc) is 2.47. The van der Waals surface area contributed by atoms with Gasteiger partial charge >= 0.3 is 0 Å². The number of rotatable bonds is 3. The molecule has 0 fully saturated rings. The van der Waals surface area contributed by atoms with Gasteiger partial charge < -0.3 is 9.67 Å².